The van der Waals surface area contributed by atoms with Crippen molar-refractivity contribution in [1.82, 2.24) is 14.9 Å². The molecule has 3 unspecified atom stereocenters. The smallest absolute Gasteiger partial charge is 0.278 e. The zero-order chi connectivity index (χ0) is 33.5. The Kier molecular flexibility index (Phi) is 9.46. The Morgan fingerprint density at radius 1 is 0.957 bits per heavy atom. The highest BCUT2D eigenvalue weighted by atomic mass is 19.3. The number of aromatic nitrogens is 2. The average molecular weight is 647 g/mol. The van der Waals surface area contributed by atoms with Crippen molar-refractivity contribution in [3.8, 4) is 6.07 Å². The molecule has 6 nitrogen and oxygen atoms in total. The molecule has 9 heteroatoms. The lowest BCUT2D eigenvalue weighted by atomic mass is 9.76. The van der Waals surface area contributed by atoms with E-state index in [2.05, 4.69) is 44.7 Å². The van der Waals surface area contributed by atoms with Gasteiger partial charge in [0.1, 0.15) is 23.8 Å². The zero-order valence-electron chi connectivity index (χ0n) is 28.3. The van der Waals surface area contributed by atoms with Crippen molar-refractivity contribution in [3.63, 3.8) is 0 Å². The second-order valence-electron chi connectivity index (χ2n) is 14.6. The van der Waals surface area contributed by atoms with Gasteiger partial charge in [0.2, 0.25) is 0 Å². The van der Waals surface area contributed by atoms with E-state index in [9.17, 15) is 5.26 Å². The molecule has 2 fully saturated rings. The van der Waals surface area contributed by atoms with E-state index in [1.165, 1.54) is 18.5 Å². The Morgan fingerprint density at radius 3 is 2.36 bits per heavy atom. The minimum atomic E-state index is -3.31. The van der Waals surface area contributed by atoms with Gasteiger partial charge in [-0.1, -0.05) is 56.9 Å². The first kappa shape index (κ1) is 33.5. The maximum Gasteiger partial charge on any atom is 0.278 e. The number of hydrogen-bond acceptors (Lipinski definition) is 6. The van der Waals surface area contributed by atoms with Crippen LogP contribution in [0.5, 0.6) is 0 Å². The Hall–Kier alpha value is -3.38. The van der Waals surface area contributed by atoms with Gasteiger partial charge in [0, 0.05) is 41.8 Å². The summed E-state index contributed by atoms with van der Waals surface area (Å²) in [6, 6.07) is 6.57. The molecule has 5 aliphatic rings. The topological polar surface area (TPSA) is 68.1 Å². The average Bonchev–Trinajstić information content (AvgIpc) is 3.53. The number of piperidine rings is 1. The Morgan fingerprint density at radius 2 is 1.66 bits per heavy atom. The molecule has 2 aromatic rings. The van der Waals surface area contributed by atoms with Crippen LogP contribution in [0.15, 0.2) is 42.4 Å². The first-order chi connectivity index (χ1) is 22.5. The molecule has 8 bridgehead atoms. The van der Waals surface area contributed by atoms with Crippen molar-refractivity contribution in [2.45, 2.75) is 128 Å². The van der Waals surface area contributed by atoms with Crippen LogP contribution < -0.4 is 10.2 Å². The molecule has 7 rings (SSSR count). The summed E-state index contributed by atoms with van der Waals surface area (Å²) in [6.07, 6.45) is 12.7. The molecule has 5 heterocycles. The van der Waals surface area contributed by atoms with E-state index in [4.69, 9.17) is 0 Å². The van der Waals surface area contributed by atoms with E-state index in [-0.39, 0.29) is 23.7 Å². The number of rotatable bonds is 1. The van der Waals surface area contributed by atoms with Gasteiger partial charge in [-0.25, -0.2) is 23.1 Å². The fourth-order valence-corrected chi connectivity index (χ4v) is 9.04. The van der Waals surface area contributed by atoms with Crippen LogP contribution in [0.3, 0.4) is 0 Å². The first-order valence-electron chi connectivity index (χ1n) is 17.6. The molecule has 0 spiro atoms. The summed E-state index contributed by atoms with van der Waals surface area (Å²) in [7, 11) is 0. The summed E-state index contributed by atoms with van der Waals surface area (Å²) in [4.78, 5) is 13.8. The fourth-order valence-electron chi connectivity index (χ4n) is 9.04. The van der Waals surface area contributed by atoms with Crippen molar-refractivity contribution < 1.29 is 13.2 Å². The normalized spacial score (nSPS) is 30.9. The number of hydrogen-bond donors (Lipinski definition) is 1. The first-order valence-corrected chi connectivity index (χ1v) is 17.6. The second kappa shape index (κ2) is 13.3. The molecule has 1 aromatic carbocycles. The standard InChI is InChI=1S/C38H49F3N6/c1-24-13-8-6-7-11-18-46-28(5)33(37(22-42)16-9-10-17-37)21-31-35(43-23-44-36(31)46)45-27(4)30-14-12-15-32(34(30)39)38(40,41)29-19-25(2)47(24)26(3)20-29/h12,14-15,21,23-27,29H,5-11,13,16-20H2,1-4H3,(H,43,44,45)/t24?,25?,26?,27-,29?/m1/s1. The van der Waals surface area contributed by atoms with E-state index < -0.39 is 34.7 Å². The Bertz CT molecular complexity index is 1540. The van der Waals surface area contributed by atoms with Crippen LogP contribution in [0.1, 0.15) is 121 Å². The number of halogens is 3. The summed E-state index contributed by atoms with van der Waals surface area (Å²) in [5.41, 5.74) is 1.41. The molecule has 252 valence electrons. The molecule has 0 radical (unpaired) electrons. The number of nitrogens with zero attached hydrogens (tertiary/aromatic N) is 5. The Labute approximate surface area is 278 Å². The molecular weight excluding hydrogens is 597 g/mol. The highest BCUT2D eigenvalue weighted by molar-refractivity contribution is 5.84. The molecule has 1 aromatic heterocycles. The summed E-state index contributed by atoms with van der Waals surface area (Å²) in [5.74, 6) is -3.95. The van der Waals surface area contributed by atoms with E-state index in [1.807, 2.05) is 19.9 Å². The van der Waals surface area contributed by atoms with Crippen LogP contribution in [0.25, 0.3) is 6.08 Å². The van der Waals surface area contributed by atoms with Crippen LogP contribution in [0.2, 0.25) is 0 Å². The van der Waals surface area contributed by atoms with E-state index in [0.29, 0.717) is 31.0 Å². The monoisotopic (exact) mass is 646 g/mol. The van der Waals surface area contributed by atoms with Crippen molar-refractivity contribution in [2.75, 3.05) is 16.8 Å². The number of alkyl halides is 2. The maximum absolute atomic E-state index is 16.3. The number of benzene rings is 1. The number of fused-ring (bicyclic) bond motifs is 9. The second-order valence-corrected chi connectivity index (χ2v) is 14.6. The van der Waals surface area contributed by atoms with E-state index in [0.717, 1.165) is 74.6 Å². The third kappa shape index (κ3) is 6.07. The van der Waals surface area contributed by atoms with Gasteiger partial charge in [0.25, 0.3) is 5.92 Å². The van der Waals surface area contributed by atoms with Gasteiger partial charge in [-0.15, -0.1) is 0 Å². The molecule has 4 aliphatic heterocycles. The predicted molar refractivity (Wildman–Crippen MR) is 181 cm³/mol. The minimum absolute atomic E-state index is 0.0201. The molecule has 4 atom stereocenters. The van der Waals surface area contributed by atoms with Crippen LogP contribution in [-0.2, 0) is 5.92 Å². The largest absolute Gasteiger partial charge is 0.363 e. The lowest BCUT2D eigenvalue weighted by Gasteiger charge is -2.47. The Balaban J connectivity index is 1.42. The minimum Gasteiger partial charge on any atom is -0.363 e. The van der Waals surface area contributed by atoms with E-state index >= 15 is 13.2 Å². The molecule has 1 saturated carbocycles. The van der Waals surface area contributed by atoms with Crippen molar-refractivity contribution in [1.29, 1.82) is 5.26 Å². The van der Waals surface area contributed by atoms with Gasteiger partial charge in [0.05, 0.1) is 28.7 Å². The number of nitriles is 1. The number of nitrogens with one attached hydrogen (secondary N) is 1. The number of allylic oxidation sites excluding steroid dienone is 1. The van der Waals surface area contributed by atoms with Crippen molar-refractivity contribution >= 4 is 17.7 Å². The lowest BCUT2D eigenvalue weighted by molar-refractivity contribution is -0.112. The van der Waals surface area contributed by atoms with E-state index in [1.54, 1.807) is 13.0 Å². The summed E-state index contributed by atoms with van der Waals surface area (Å²) < 4.78 is 48.9. The maximum atomic E-state index is 16.3. The summed E-state index contributed by atoms with van der Waals surface area (Å²) in [5, 5.41) is 13.8. The van der Waals surface area contributed by atoms with Crippen LogP contribution in [0, 0.1) is 28.5 Å². The van der Waals surface area contributed by atoms with Crippen molar-refractivity contribution in [3.05, 3.63) is 64.9 Å². The molecule has 47 heavy (non-hydrogen) atoms. The SMILES string of the molecule is C=C1C(C2(C#N)CCCC2)=Cc2c3ncnc2N1CCCCCCC(C)N1C(C)CC(CC1C)C(F)(F)c1cccc(c1F)[C@@H](C)N3. The van der Waals surface area contributed by atoms with Crippen LogP contribution in [0.4, 0.5) is 24.8 Å². The highest BCUT2D eigenvalue weighted by Gasteiger charge is 2.49. The summed E-state index contributed by atoms with van der Waals surface area (Å²) >= 11 is 0. The van der Waals surface area contributed by atoms with Gasteiger partial charge < -0.3 is 10.2 Å². The quantitative estimate of drug-likeness (QED) is 0.333. The molecule has 1 N–H and O–H groups in total. The zero-order valence-corrected chi connectivity index (χ0v) is 28.3. The highest BCUT2D eigenvalue weighted by Crippen LogP contribution is 2.51. The molecule has 1 saturated heterocycles. The summed E-state index contributed by atoms with van der Waals surface area (Å²) in [6.45, 7) is 13.3. The molecule has 1 aliphatic carbocycles. The van der Waals surface area contributed by atoms with Crippen LogP contribution >= 0.6 is 0 Å². The lowest BCUT2D eigenvalue weighted by Crippen LogP contribution is -2.53. The molecular formula is C38H49F3N6. The van der Waals surface area contributed by atoms with Gasteiger partial charge in [0.15, 0.2) is 0 Å². The third-order valence-electron chi connectivity index (χ3n) is 11.5. The van der Waals surface area contributed by atoms with Gasteiger partial charge in [-0.3, -0.25) is 4.90 Å². The van der Waals surface area contributed by atoms with Crippen LogP contribution in [-0.4, -0.2) is 39.5 Å². The predicted octanol–water partition coefficient (Wildman–Crippen LogP) is 9.52. The fraction of sp³-hybridized carbons (Fsp3) is 0.605. The third-order valence-corrected chi connectivity index (χ3v) is 11.5. The van der Waals surface area contributed by atoms with Crippen molar-refractivity contribution in [2.24, 2.45) is 11.3 Å². The van der Waals surface area contributed by atoms with Gasteiger partial charge in [-0.2, -0.15) is 5.26 Å². The van der Waals surface area contributed by atoms with Gasteiger partial charge >= 0.3 is 0 Å². The van der Waals surface area contributed by atoms with Gasteiger partial charge in [-0.05, 0) is 77.9 Å². The number of anilines is 2. The molecule has 0 amide bonds.